The molecule has 0 aromatic carbocycles. The minimum absolute atomic E-state index is 0.0166. The van der Waals surface area contributed by atoms with Gasteiger partial charge in [-0.2, -0.15) is 0 Å². The minimum Gasteiger partial charge on any atom is -0.393 e. The highest BCUT2D eigenvalue weighted by Crippen LogP contribution is 2.67. The Morgan fingerprint density at radius 3 is 2.63 bits per heavy atom. The van der Waals surface area contributed by atoms with Crippen LogP contribution in [0.4, 0.5) is 0 Å². The van der Waals surface area contributed by atoms with Crippen molar-refractivity contribution in [2.45, 2.75) is 70.2 Å². The summed E-state index contributed by atoms with van der Waals surface area (Å²) in [5.74, 6) is -0.713. The maximum atomic E-state index is 12.4. The van der Waals surface area contributed by atoms with Gasteiger partial charge in [0.1, 0.15) is 12.2 Å². The Hall–Kier alpha value is -1.08. The van der Waals surface area contributed by atoms with Crippen molar-refractivity contribution in [3.8, 4) is 0 Å². The molecule has 3 saturated carbocycles. The smallest absolute Gasteiger partial charge is 0.190 e. The Morgan fingerprint density at radius 1 is 1.26 bits per heavy atom. The molecule has 6 unspecified atom stereocenters. The van der Waals surface area contributed by atoms with Crippen LogP contribution in [0, 0.1) is 28.6 Å². The van der Waals surface area contributed by atoms with Crippen molar-refractivity contribution in [1.29, 1.82) is 0 Å². The van der Waals surface area contributed by atoms with Crippen LogP contribution in [0.25, 0.3) is 0 Å². The number of hydrogen-bond donors (Lipinski definition) is 4. The summed E-state index contributed by atoms with van der Waals surface area (Å²) in [6, 6.07) is 0. The number of rotatable bonds is 2. The van der Waals surface area contributed by atoms with Crippen LogP contribution in [0.3, 0.4) is 0 Å². The predicted octanol–water partition coefficient (Wildman–Crippen LogP) is 0.752. The molecule has 27 heavy (non-hydrogen) atoms. The van der Waals surface area contributed by atoms with Gasteiger partial charge >= 0.3 is 0 Å². The molecular formula is C21H30O6. The first-order valence-corrected chi connectivity index (χ1v) is 10.1. The van der Waals surface area contributed by atoms with E-state index in [-0.39, 0.29) is 36.4 Å². The van der Waals surface area contributed by atoms with E-state index in [4.69, 9.17) is 0 Å². The molecule has 0 radical (unpaired) electrons. The van der Waals surface area contributed by atoms with Crippen molar-refractivity contribution in [2.75, 3.05) is 6.61 Å². The Balaban J connectivity index is 1.77. The fourth-order valence-corrected chi connectivity index (χ4v) is 7.33. The molecule has 0 spiro atoms. The number of hydrogen-bond acceptors (Lipinski definition) is 6. The lowest BCUT2D eigenvalue weighted by Gasteiger charge is -2.61. The molecular weight excluding hydrogens is 348 g/mol. The van der Waals surface area contributed by atoms with Crippen molar-refractivity contribution in [2.24, 2.45) is 28.6 Å². The van der Waals surface area contributed by atoms with E-state index in [1.165, 1.54) is 0 Å². The van der Waals surface area contributed by atoms with Crippen LogP contribution in [-0.2, 0) is 9.59 Å². The molecule has 0 aromatic rings. The second kappa shape index (κ2) is 5.96. The van der Waals surface area contributed by atoms with Crippen molar-refractivity contribution in [3.05, 3.63) is 11.6 Å². The molecule has 3 fully saturated rings. The number of carbonyl (C=O) groups is 2. The van der Waals surface area contributed by atoms with Crippen LogP contribution in [-0.4, -0.2) is 56.4 Å². The van der Waals surface area contributed by atoms with E-state index in [2.05, 4.69) is 0 Å². The molecule has 4 aliphatic rings. The van der Waals surface area contributed by atoms with Gasteiger partial charge in [0.05, 0.1) is 12.2 Å². The SMILES string of the molecule is CC12CCC(=O)C=C1[C@H](O)CC1C2C(O)CC2(C)C1CC[C@]2(O)C(=O)CO. The van der Waals surface area contributed by atoms with Crippen molar-refractivity contribution in [3.63, 3.8) is 0 Å². The fourth-order valence-electron chi connectivity index (χ4n) is 7.33. The maximum absolute atomic E-state index is 12.4. The molecule has 8 atom stereocenters. The maximum Gasteiger partial charge on any atom is 0.190 e. The highest BCUT2D eigenvalue weighted by Gasteiger charge is 2.68. The first kappa shape index (κ1) is 19.2. The summed E-state index contributed by atoms with van der Waals surface area (Å²) in [6.45, 7) is 3.18. The van der Waals surface area contributed by atoms with E-state index in [0.717, 1.165) is 5.57 Å². The summed E-state index contributed by atoms with van der Waals surface area (Å²) in [4.78, 5) is 24.3. The molecule has 0 aromatic heterocycles. The average Bonchev–Trinajstić information content (AvgIpc) is 2.87. The first-order valence-electron chi connectivity index (χ1n) is 10.1. The largest absolute Gasteiger partial charge is 0.393 e. The fraction of sp³-hybridized carbons (Fsp3) is 0.810. The van der Waals surface area contributed by atoms with Crippen molar-refractivity contribution in [1.82, 2.24) is 0 Å². The monoisotopic (exact) mass is 378 g/mol. The van der Waals surface area contributed by atoms with Gasteiger partial charge in [-0.25, -0.2) is 0 Å². The van der Waals surface area contributed by atoms with Gasteiger partial charge in [0.25, 0.3) is 0 Å². The minimum atomic E-state index is -1.64. The highest BCUT2D eigenvalue weighted by molar-refractivity contribution is 5.92. The third-order valence-electron chi connectivity index (χ3n) is 8.67. The van der Waals surface area contributed by atoms with Gasteiger partial charge < -0.3 is 20.4 Å². The zero-order valence-corrected chi connectivity index (χ0v) is 16.0. The summed E-state index contributed by atoms with van der Waals surface area (Å²) >= 11 is 0. The standard InChI is InChI=1S/C21H30O6/c1-19-5-3-11(23)7-14(19)15(24)8-12-13-4-6-21(27,17(26)10-22)20(13,2)9-16(25)18(12)19/h7,12-13,15-16,18,22,24-25,27H,3-6,8-10H2,1-2H3/t12?,13?,15-,16?,18?,19?,20?,21+/m1/s1. The molecule has 150 valence electrons. The molecule has 6 heteroatoms. The summed E-state index contributed by atoms with van der Waals surface area (Å²) in [5, 5.41) is 42.6. The van der Waals surface area contributed by atoms with E-state index in [1.54, 1.807) is 6.08 Å². The number of carbonyl (C=O) groups excluding carboxylic acids is 2. The molecule has 6 nitrogen and oxygen atoms in total. The van der Waals surface area contributed by atoms with Crippen LogP contribution in [0.15, 0.2) is 11.6 Å². The van der Waals surface area contributed by atoms with Gasteiger partial charge in [-0.1, -0.05) is 13.8 Å². The van der Waals surface area contributed by atoms with E-state index in [0.29, 0.717) is 25.7 Å². The van der Waals surface area contributed by atoms with Gasteiger partial charge in [0, 0.05) is 11.8 Å². The van der Waals surface area contributed by atoms with Gasteiger partial charge in [-0.15, -0.1) is 0 Å². The normalized spacial score (nSPS) is 51.9. The molecule has 0 heterocycles. The number of fused-ring (bicyclic) bond motifs is 5. The molecule has 4 rings (SSSR count). The average molecular weight is 378 g/mol. The molecule has 4 aliphatic carbocycles. The molecule has 0 amide bonds. The summed E-state index contributed by atoms with van der Waals surface area (Å²) in [5.41, 5.74) is -2.17. The Bertz CT molecular complexity index is 715. The van der Waals surface area contributed by atoms with Gasteiger partial charge in [-0.05, 0) is 66.9 Å². The molecule has 4 N–H and O–H groups in total. The first-order chi connectivity index (χ1) is 12.6. The third-order valence-corrected chi connectivity index (χ3v) is 8.67. The Morgan fingerprint density at radius 2 is 1.96 bits per heavy atom. The van der Waals surface area contributed by atoms with E-state index >= 15 is 0 Å². The van der Waals surface area contributed by atoms with Gasteiger partial charge in [0.2, 0.25) is 0 Å². The second-order valence-corrected chi connectivity index (χ2v) is 9.70. The topological polar surface area (TPSA) is 115 Å². The zero-order chi connectivity index (χ0) is 19.8. The van der Waals surface area contributed by atoms with Crippen molar-refractivity contribution >= 4 is 11.6 Å². The van der Waals surface area contributed by atoms with Crippen LogP contribution < -0.4 is 0 Å². The predicted molar refractivity (Wildman–Crippen MR) is 96.5 cm³/mol. The number of aliphatic hydroxyl groups is 4. The van der Waals surface area contributed by atoms with Crippen LogP contribution in [0.5, 0.6) is 0 Å². The summed E-state index contributed by atoms with van der Waals surface area (Å²) in [6.07, 6.45) is 2.75. The van der Waals surface area contributed by atoms with Gasteiger partial charge in [-0.3, -0.25) is 9.59 Å². The van der Waals surface area contributed by atoms with E-state index < -0.39 is 41.0 Å². The van der Waals surface area contributed by atoms with Crippen LogP contribution in [0.1, 0.15) is 52.4 Å². The number of ketones is 2. The molecule has 0 aliphatic heterocycles. The van der Waals surface area contributed by atoms with E-state index in [1.807, 2.05) is 13.8 Å². The lowest BCUT2D eigenvalue weighted by Crippen LogP contribution is -2.63. The van der Waals surface area contributed by atoms with Gasteiger partial charge in [0.15, 0.2) is 11.6 Å². The molecule has 0 saturated heterocycles. The summed E-state index contributed by atoms with van der Waals surface area (Å²) in [7, 11) is 0. The number of aliphatic hydroxyl groups excluding tert-OH is 3. The lowest BCUT2D eigenvalue weighted by molar-refractivity contribution is -0.187. The lowest BCUT2D eigenvalue weighted by atomic mass is 9.45. The quantitative estimate of drug-likeness (QED) is 0.564. The molecule has 0 bridgehead atoms. The zero-order valence-electron chi connectivity index (χ0n) is 16.0. The highest BCUT2D eigenvalue weighted by atomic mass is 16.3. The second-order valence-electron chi connectivity index (χ2n) is 9.70. The van der Waals surface area contributed by atoms with Crippen LogP contribution in [0.2, 0.25) is 0 Å². The third kappa shape index (κ3) is 2.33. The van der Waals surface area contributed by atoms with Crippen LogP contribution >= 0.6 is 0 Å². The Kier molecular flexibility index (Phi) is 4.25. The summed E-state index contributed by atoms with van der Waals surface area (Å²) < 4.78 is 0. The van der Waals surface area contributed by atoms with Crippen molar-refractivity contribution < 1.29 is 30.0 Å². The number of Topliss-reactive ketones (excluding diaryl/α,β-unsaturated/α-hetero) is 1. The van der Waals surface area contributed by atoms with E-state index in [9.17, 15) is 30.0 Å². The Labute approximate surface area is 159 Å².